The first-order valence-corrected chi connectivity index (χ1v) is 13.9. The molecule has 1 amide bonds. The van der Waals surface area contributed by atoms with E-state index in [-0.39, 0.29) is 29.8 Å². The lowest BCUT2D eigenvalue weighted by Gasteiger charge is -2.30. The number of rotatable bonds is 7. The van der Waals surface area contributed by atoms with Crippen LogP contribution in [-0.2, 0) is 5.41 Å². The van der Waals surface area contributed by atoms with Crippen LogP contribution in [0.25, 0.3) is 11.3 Å². The number of aromatic nitrogens is 5. The number of aryl methyl sites for hydroxylation is 2. The molecule has 0 bridgehead atoms. The largest absolute Gasteiger partial charge is 0.368 e. The van der Waals surface area contributed by atoms with Gasteiger partial charge in [-0.1, -0.05) is 38.1 Å². The van der Waals surface area contributed by atoms with E-state index in [1.165, 1.54) is 0 Å². The van der Waals surface area contributed by atoms with Gasteiger partial charge in [0.1, 0.15) is 18.0 Å². The zero-order valence-electron chi connectivity index (χ0n) is 24.9. The van der Waals surface area contributed by atoms with E-state index >= 15 is 0 Å². The van der Waals surface area contributed by atoms with Crippen LogP contribution in [0.3, 0.4) is 0 Å². The van der Waals surface area contributed by atoms with E-state index in [9.17, 15) is 4.79 Å². The van der Waals surface area contributed by atoms with Crippen molar-refractivity contribution in [1.82, 2.24) is 35.7 Å². The van der Waals surface area contributed by atoms with E-state index in [1.54, 1.807) is 6.33 Å². The monoisotopic (exact) mass is 591 g/mol. The fraction of sp³-hybridized carbons (Fsp3) is 0.400. The maximum absolute atomic E-state index is 12.7. The molecule has 0 unspecified atom stereocenters. The van der Waals surface area contributed by atoms with Gasteiger partial charge in [-0.15, -0.1) is 12.4 Å². The van der Waals surface area contributed by atoms with E-state index in [0.717, 1.165) is 65.8 Å². The van der Waals surface area contributed by atoms with E-state index in [2.05, 4.69) is 53.1 Å². The molecule has 12 heteroatoms. The van der Waals surface area contributed by atoms with Gasteiger partial charge in [0, 0.05) is 43.2 Å². The Labute approximate surface area is 252 Å². The second-order valence-corrected chi connectivity index (χ2v) is 11.4. The summed E-state index contributed by atoms with van der Waals surface area (Å²) >= 11 is 0. The Balaban J connectivity index is 0.00000405. The molecular weight excluding hydrogens is 554 g/mol. The van der Waals surface area contributed by atoms with Gasteiger partial charge in [0.2, 0.25) is 0 Å². The van der Waals surface area contributed by atoms with Crippen LogP contribution in [0.1, 0.15) is 67.1 Å². The van der Waals surface area contributed by atoms with Gasteiger partial charge in [-0.25, -0.2) is 15.0 Å². The summed E-state index contributed by atoms with van der Waals surface area (Å²) in [4.78, 5) is 33.0. The molecule has 1 aliphatic heterocycles. The van der Waals surface area contributed by atoms with Crippen molar-refractivity contribution in [2.45, 2.75) is 53.0 Å². The minimum Gasteiger partial charge on any atom is -0.368 e. The SMILES string of the molecule is Cc1cc(-c2cc(Nc3ccc(N4CCNCC4)c(C)n3)ncn2)ccc1[C@@H](C)NC(=O)c1nc(C(C)(C)C)no1.Cl. The summed E-state index contributed by atoms with van der Waals surface area (Å²) < 4.78 is 5.19. The first kappa shape index (κ1) is 30.9. The normalized spacial score (nSPS) is 14.2. The van der Waals surface area contributed by atoms with Gasteiger partial charge >= 0.3 is 11.8 Å². The number of carbonyl (C=O) groups is 1. The standard InChI is InChI=1S/C30H37N9O2.ClH/c1-18-15-21(7-8-22(18)19(2)35-27(40)28-37-29(38-41-28)30(4,5)6)23-16-26(33-17-32-23)36-25-10-9-24(20(3)34-25)39-13-11-31-12-14-39;/h7-10,15-17,19,31H,11-14H2,1-6H3,(H,35,40)(H,32,33,34,36);1H/t19-;/m1./s1. The topological polar surface area (TPSA) is 134 Å². The Morgan fingerprint density at radius 1 is 1.02 bits per heavy atom. The number of carbonyl (C=O) groups excluding carboxylic acids is 1. The van der Waals surface area contributed by atoms with Crippen LogP contribution in [0.4, 0.5) is 17.3 Å². The second kappa shape index (κ2) is 12.8. The quantitative estimate of drug-likeness (QED) is 0.272. The maximum atomic E-state index is 12.7. The molecule has 1 atom stereocenters. The van der Waals surface area contributed by atoms with Gasteiger partial charge in [0.15, 0.2) is 5.82 Å². The summed E-state index contributed by atoms with van der Waals surface area (Å²) in [6, 6.07) is 11.8. The highest BCUT2D eigenvalue weighted by Gasteiger charge is 2.25. The van der Waals surface area contributed by atoms with Gasteiger partial charge in [-0.05, 0) is 50.1 Å². The van der Waals surface area contributed by atoms with Gasteiger partial charge in [0.05, 0.1) is 23.1 Å². The third kappa shape index (κ3) is 7.03. The molecule has 3 N–H and O–H groups in total. The first-order valence-electron chi connectivity index (χ1n) is 13.9. The fourth-order valence-corrected chi connectivity index (χ4v) is 4.86. The first-order chi connectivity index (χ1) is 19.6. The lowest BCUT2D eigenvalue weighted by Crippen LogP contribution is -2.43. The van der Waals surface area contributed by atoms with Crippen LogP contribution in [0.5, 0.6) is 0 Å². The van der Waals surface area contributed by atoms with Gasteiger partial charge < -0.3 is 25.4 Å². The molecule has 0 aliphatic carbocycles. The molecule has 222 valence electrons. The summed E-state index contributed by atoms with van der Waals surface area (Å²) in [5.74, 6) is 1.44. The van der Waals surface area contributed by atoms with Gasteiger partial charge in [0.25, 0.3) is 0 Å². The molecular formula is C30H38ClN9O2. The minimum atomic E-state index is -0.402. The summed E-state index contributed by atoms with van der Waals surface area (Å²) in [6.07, 6.45) is 1.54. The Morgan fingerprint density at radius 2 is 1.79 bits per heavy atom. The number of benzene rings is 1. The van der Waals surface area contributed by atoms with Crippen LogP contribution >= 0.6 is 12.4 Å². The van der Waals surface area contributed by atoms with Crippen LogP contribution in [0.2, 0.25) is 0 Å². The van der Waals surface area contributed by atoms with Crippen molar-refractivity contribution in [3.63, 3.8) is 0 Å². The molecule has 1 aliphatic rings. The van der Waals surface area contributed by atoms with Crippen molar-refractivity contribution in [1.29, 1.82) is 0 Å². The highest BCUT2D eigenvalue weighted by atomic mass is 35.5. The summed E-state index contributed by atoms with van der Waals surface area (Å²) in [5.41, 5.74) is 5.56. The van der Waals surface area contributed by atoms with Crippen LogP contribution in [0.15, 0.2) is 47.2 Å². The molecule has 1 saturated heterocycles. The van der Waals surface area contributed by atoms with E-state index in [0.29, 0.717) is 11.6 Å². The molecule has 4 aromatic rings. The van der Waals surface area contributed by atoms with Crippen molar-refractivity contribution in [2.75, 3.05) is 36.4 Å². The summed E-state index contributed by atoms with van der Waals surface area (Å²) in [7, 11) is 0. The minimum absolute atomic E-state index is 0. The van der Waals surface area contributed by atoms with Gasteiger partial charge in [-0.3, -0.25) is 4.79 Å². The fourth-order valence-electron chi connectivity index (χ4n) is 4.86. The molecule has 42 heavy (non-hydrogen) atoms. The van der Waals surface area contributed by atoms with E-state index < -0.39 is 5.91 Å². The summed E-state index contributed by atoms with van der Waals surface area (Å²) in [5, 5.41) is 13.6. The predicted molar refractivity (Wildman–Crippen MR) is 166 cm³/mol. The van der Waals surface area contributed by atoms with Crippen molar-refractivity contribution in [3.05, 3.63) is 71.3 Å². The molecule has 4 heterocycles. The zero-order chi connectivity index (χ0) is 29.1. The van der Waals surface area contributed by atoms with Crippen molar-refractivity contribution in [2.24, 2.45) is 0 Å². The molecule has 3 aromatic heterocycles. The highest BCUT2D eigenvalue weighted by Crippen LogP contribution is 2.27. The van der Waals surface area contributed by atoms with E-state index in [4.69, 9.17) is 9.51 Å². The molecule has 0 spiro atoms. The lowest BCUT2D eigenvalue weighted by atomic mass is 9.96. The number of hydrogen-bond acceptors (Lipinski definition) is 10. The third-order valence-corrected chi connectivity index (χ3v) is 7.11. The predicted octanol–water partition coefficient (Wildman–Crippen LogP) is 4.90. The number of pyridine rings is 1. The Hall–Kier alpha value is -4.09. The smallest absolute Gasteiger partial charge is 0.315 e. The Bertz CT molecular complexity index is 1540. The number of amides is 1. The number of hydrogen-bond donors (Lipinski definition) is 3. The average molecular weight is 592 g/mol. The number of halogens is 1. The third-order valence-electron chi connectivity index (χ3n) is 7.11. The zero-order valence-corrected chi connectivity index (χ0v) is 25.7. The van der Waals surface area contributed by atoms with Crippen LogP contribution < -0.4 is 20.9 Å². The Kier molecular flexibility index (Phi) is 9.43. The summed E-state index contributed by atoms with van der Waals surface area (Å²) in [6.45, 7) is 15.8. The van der Waals surface area contributed by atoms with E-state index in [1.807, 2.05) is 65.8 Å². The molecule has 1 fully saturated rings. The lowest BCUT2D eigenvalue weighted by molar-refractivity contribution is 0.0895. The number of piperazine rings is 1. The van der Waals surface area contributed by atoms with Crippen molar-refractivity contribution >= 4 is 35.6 Å². The maximum Gasteiger partial charge on any atom is 0.315 e. The molecule has 0 radical (unpaired) electrons. The number of anilines is 3. The number of nitrogens with zero attached hydrogens (tertiary/aromatic N) is 6. The van der Waals surface area contributed by atoms with Crippen LogP contribution in [0, 0.1) is 13.8 Å². The Morgan fingerprint density at radius 3 is 2.45 bits per heavy atom. The van der Waals surface area contributed by atoms with Gasteiger partial charge in [-0.2, -0.15) is 4.98 Å². The second-order valence-electron chi connectivity index (χ2n) is 11.4. The molecule has 0 saturated carbocycles. The van der Waals surface area contributed by atoms with Crippen molar-refractivity contribution < 1.29 is 9.32 Å². The average Bonchev–Trinajstić information content (AvgIpc) is 3.45. The number of nitrogens with one attached hydrogen (secondary N) is 3. The molecule has 5 rings (SSSR count). The molecule has 11 nitrogen and oxygen atoms in total. The highest BCUT2D eigenvalue weighted by molar-refractivity contribution is 5.89. The van der Waals surface area contributed by atoms with Crippen molar-refractivity contribution in [3.8, 4) is 11.3 Å². The van der Waals surface area contributed by atoms with Crippen LogP contribution in [-0.4, -0.2) is 57.2 Å². The molecule has 1 aromatic carbocycles.